The molecular formula is C17H20F3NO5S. The number of benzene rings is 1. The smallest absolute Gasteiger partial charge is 0.416 e. The van der Waals surface area contributed by atoms with Gasteiger partial charge in [-0.15, -0.1) is 11.8 Å². The first-order chi connectivity index (χ1) is 12.8. The molecule has 0 aromatic heterocycles. The number of carbonyl (C=O) groups is 1. The molecule has 0 saturated carbocycles. The summed E-state index contributed by atoms with van der Waals surface area (Å²) < 4.78 is 61.3. The Labute approximate surface area is 158 Å². The summed E-state index contributed by atoms with van der Waals surface area (Å²) in [6.45, 7) is 1.44. The van der Waals surface area contributed by atoms with Crippen molar-refractivity contribution in [3.8, 4) is 5.75 Å². The molecule has 1 spiro atoms. The molecule has 1 unspecified atom stereocenters. The molecule has 27 heavy (non-hydrogen) atoms. The van der Waals surface area contributed by atoms with Gasteiger partial charge >= 0.3 is 6.18 Å². The van der Waals surface area contributed by atoms with Gasteiger partial charge in [0, 0.05) is 11.3 Å². The predicted molar refractivity (Wildman–Crippen MR) is 91.1 cm³/mol. The van der Waals surface area contributed by atoms with E-state index >= 15 is 0 Å². The summed E-state index contributed by atoms with van der Waals surface area (Å²) in [6.07, 6.45) is -2.49. The second-order valence-electron chi connectivity index (χ2n) is 6.11. The Bertz CT molecular complexity index is 681. The average Bonchev–Trinajstić information content (AvgIpc) is 3.10. The van der Waals surface area contributed by atoms with Gasteiger partial charge in [-0.3, -0.25) is 4.79 Å². The highest BCUT2D eigenvalue weighted by Gasteiger charge is 2.48. The lowest BCUT2D eigenvalue weighted by molar-refractivity contribution is -0.219. The van der Waals surface area contributed by atoms with Crippen LogP contribution in [0.1, 0.15) is 22.3 Å². The van der Waals surface area contributed by atoms with E-state index in [-0.39, 0.29) is 22.8 Å². The van der Waals surface area contributed by atoms with Gasteiger partial charge in [-0.1, -0.05) is 0 Å². The number of halogens is 3. The fraction of sp³-hybridized carbons (Fsp3) is 0.588. The van der Waals surface area contributed by atoms with Crippen LogP contribution < -0.4 is 10.1 Å². The maximum atomic E-state index is 13.1. The highest BCUT2D eigenvalue weighted by molar-refractivity contribution is 7.98. The Hall–Kier alpha value is -1.49. The molecule has 150 valence electrons. The minimum Gasteiger partial charge on any atom is -0.496 e. The molecule has 1 aromatic carbocycles. The summed E-state index contributed by atoms with van der Waals surface area (Å²) in [4.78, 5) is 13.1. The summed E-state index contributed by atoms with van der Waals surface area (Å²) in [6, 6.07) is 1.19. The van der Waals surface area contributed by atoms with Gasteiger partial charge in [0.05, 0.1) is 44.7 Å². The lowest BCUT2D eigenvalue weighted by Gasteiger charge is -2.39. The van der Waals surface area contributed by atoms with E-state index in [0.717, 1.165) is 23.9 Å². The first-order valence-electron chi connectivity index (χ1n) is 8.30. The lowest BCUT2D eigenvalue weighted by Crippen LogP contribution is -2.59. The number of ether oxygens (including phenoxy) is 4. The Kier molecular flexibility index (Phi) is 5.90. The second-order valence-corrected chi connectivity index (χ2v) is 6.96. The van der Waals surface area contributed by atoms with E-state index < -0.39 is 29.5 Å². The van der Waals surface area contributed by atoms with Crippen LogP contribution >= 0.6 is 11.8 Å². The zero-order valence-corrected chi connectivity index (χ0v) is 15.7. The van der Waals surface area contributed by atoms with Crippen LogP contribution in [0, 0.1) is 0 Å². The third-order valence-electron chi connectivity index (χ3n) is 4.55. The molecule has 0 bridgehead atoms. The van der Waals surface area contributed by atoms with Crippen molar-refractivity contribution in [1.29, 1.82) is 0 Å². The van der Waals surface area contributed by atoms with Crippen molar-refractivity contribution >= 4 is 17.7 Å². The van der Waals surface area contributed by atoms with Crippen LogP contribution in [-0.2, 0) is 20.4 Å². The van der Waals surface area contributed by atoms with Crippen molar-refractivity contribution in [2.45, 2.75) is 29.3 Å². The van der Waals surface area contributed by atoms with Gasteiger partial charge in [0.1, 0.15) is 11.8 Å². The van der Waals surface area contributed by atoms with E-state index in [1.54, 1.807) is 6.26 Å². The van der Waals surface area contributed by atoms with Gasteiger partial charge in [0.2, 0.25) is 0 Å². The standard InChI is InChI=1S/C17H20F3NO5S/c1-23-11-7-10(17(18,19)20)8-12(27-2)14(11)15(22)21-13-9-24-4-3-16(13)25-5-6-26-16/h7-8,13H,3-6,9H2,1-2H3,(H,21,22). The van der Waals surface area contributed by atoms with Crippen LogP contribution in [0.3, 0.4) is 0 Å². The molecule has 10 heteroatoms. The fourth-order valence-electron chi connectivity index (χ4n) is 3.21. The SMILES string of the molecule is COc1cc(C(F)(F)F)cc(SC)c1C(=O)NC1COCCC12OCCO2. The van der Waals surface area contributed by atoms with Crippen LogP contribution in [0.4, 0.5) is 13.2 Å². The van der Waals surface area contributed by atoms with Crippen LogP contribution in [-0.4, -0.2) is 57.5 Å². The zero-order valence-electron chi connectivity index (χ0n) is 14.9. The van der Waals surface area contributed by atoms with E-state index in [2.05, 4.69) is 5.32 Å². The van der Waals surface area contributed by atoms with Gasteiger partial charge in [0.15, 0.2) is 5.79 Å². The number of hydrogen-bond donors (Lipinski definition) is 1. The zero-order chi connectivity index (χ0) is 19.7. The van der Waals surface area contributed by atoms with E-state index in [1.807, 2.05) is 0 Å². The van der Waals surface area contributed by atoms with Crippen molar-refractivity contribution in [3.05, 3.63) is 23.3 Å². The highest BCUT2D eigenvalue weighted by Crippen LogP contribution is 2.38. The first-order valence-corrected chi connectivity index (χ1v) is 9.53. The molecule has 2 heterocycles. The van der Waals surface area contributed by atoms with Gasteiger partial charge in [0.25, 0.3) is 5.91 Å². The molecule has 1 aromatic rings. The van der Waals surface area contributed by atoms with Crippen LogP contribution in [0.15, 0.2) is 17.0 Å². The molecule has 2 aliphatic heterocycles. The predicted octanol–water partition coefficient (Wildman–Crippen LogP) is 2.70. The Balaban J connectivity index is 1.91. The van der Waals surface area contributed by atoms with E-state index in [4.69, 9.17) is 18.9 Å². The van der Waals surface area contributed by atoms with Gasteiger partial charge in [-0.25, -0.2) is 0 Å². The largest absolute Gasteiger partial charge is 0.496 e. The molecule has 2 aliphatic rings. The summed E-state index contributed by atoms with van der Waals surface area (Å²) in [5, 5.41) is 2.79. The average molecular weight is 407 g/mol. The van der Waals surface area contributed by atoms with E-state index in [0.29, 0.717) is 26.2 Å². The number of rotatable bonds is 4. The normalized spacial score (nSPS) is 22.0. The maximum Gasteiger partial charge on any atom is 0.416 e. The molecule has 2 saturated heterocycles. The Morgan fingerprint density at radius 1 is 1.30 bits per heavy atom. The van der Waals surface area contributed by atoms with Gasteiger partial charge < -0.3 is 24.3 Å². The second kappa shape index (κ2) is 7.86. The molecule has 1 N–H and O–H groups in total. The molecule has 0 aliphatic carbocycles. The number of methoxy groups -OCH3 is 1. The molecule has 2 fully saturated rings. The summed E-state index contributed by atoms with van der Waals surface area (Å²) in [5.74, 6) is -1.68. The monoisotopic (exact) mass is 407 g/mol. The molecule has 1 amide bonds. The Morgan fingerprint density at radius 2 is 2.00 bits per heavy atom. The molecule has 0 radical (unpaired) electrons. The van der Waals surface area contributed by atoms with Crippen LogP contribution in [0.25, 0.3) is 0 Å². The fourth-order valence-corrected chi connectivity index (χ4v) is 3.86. The molecule has 6 nitrogen and oxygen atoms in total. The number of nitrogens with one attached hydrogen (secondary N) is 1. The number of thioether (sulfide) groups is 1. The topological polar surface area (TPSA) is 66.0 Å². The van der Waals surface area contributed by atoms with Crippen LogP contribution in [0.2, 0.25) is 0 Å². The van der Waals surface area contributed by atoms with Crippen molar-refractivity contribution in [2.75, 3.05) is 39.8 Å². The Morgan fingerprint density at radius 3 is 2.59 bits per heavy atom. The van der Waals surface area contributed by atoms with Crippen LogP contribution in [0.5, 0.6) is 5.75 Å². The summed E-state index contributed by atoms with van der Waals surface area (Å²) >= 11 is 1.03. The minimum atomic E-state index is -4.54. The van der Waals surface area contributed by atoms with Crippen molar-refractivity contribution < 1.29 is 36.9 Å². The number of amides is 1. The van der Waals surface area contributed by atoms with E-state index in [9.17, 15) is 18.0 Å². The minimum absolute atomic E-state index is 0.0386. The summed E-state index contributed by atoms with van der Waals surface area (Å²) in [7, 11) is 1.23. The van der Waals surface area contributed by atoms with Crippen molar-refractivity contribution in [1.82, 2.24) is 5.32 Å². The quantitative estimate of drug-likeness (QED) is 0.775. The lowest BCUT2D eigenvalue weighted by atomic mass is 10.0. The first kappa shape index (κ1) is 20.2. The van der Waals surface area contributed by atoms with Gasteiger partial charge in [-0.2, -0.15) is 13.2 Å². The molecule has 1 atom stereocenters. The molecular weight excluding hydrogens is 387 g/mol. The maximum absolute atomic E-state index is 13.1. The summed E-state index contributed by atoms with van der Waals surface area (Å²) in [5.41, 5.74) is -0.836. The third-order valence-corrected chi connectivity index (χ3v) is 5.31. The number of carbonyl (C=O) groups excluding carboxylic acids is 1. The van der Waals surface area contributed by atoms with E-state index in [1.165, 1.54) is 7.11 Å². The van der Waals surface area contributed by atoms with Crippen molar-refractivity contribution in [2.24, 2.45) is 0 Å². The number of hydrogen-bond acceptors (Lipinski definition) is 6. The third kappa shape index (κ3) is 4.03. The highest BCUT2D eigenvalue weighted by atomic mass is 32.2. The van der Waals surface area contributed by atoms with Gasteiger partial charge in [-0.05, 0) is 18.4 Å². The number of alkyl halides is 3. The van der Waals surface area contributed by atoms with Crippen molar-refractivity contribution in [3.63, 3.8) is 0 Å². The molecule has 3 rings (SSSR count).